The molecule has 2 aromatic rings. The Bertz CT molecular complexity index is 858. The van der Waals surface area contributed by atoms with Crippen LogP contribution in [0.5, 0.6) is 0 Å². The summed E-state index contributed by atoms with van der Waals surface area (Å²) in [4.78, 5) is 16.4. The predicted octanol–water partition coefficient (Wildman–Crippen LogP) is 3.90. The van der Waals surface area contributed by atoms with Crippen molar-refractivity contribution in [1.82, 2.24) is 9.88 Å². The van der Waals surface area contributed by atoms with E-state index < -0.39 is 0 Å². The van der Waals surface area contributed by atoms with Gasteiger partial charge in [-0.1, -0.05) is 17.7 Å². The Morgan fingerprint density at radius 2 is 1.63 bits per heavy atom. The maximum atomic E-state index is 6.34. The van der Waals surface area contributed by atoms with Crippen LogP contribution < -0.4 is 15.5 Å². The largest absolute Gasteiger partial charge is 0.370 e. The Balaban J connectivity index is 0.00000256. The molecule has 2 N–H and O–H groups in total. The molecule has 0 amide bonds. The number of nitrogens with two attached hydrogens (primary N) is 1. The fourth-order valence-corrected chi connectivity index (χ4v) is 4.14. The number of benzene rings is 1. The van der Waals surface area contributed by atoms with E-state index in [9.17, 15) is 0 Å². The number of hydrogen-bond acceptors (Lipinski definition) is 4. The van der Waals surface area contributed by atoms with Gasteiger partial charge in [-0.15, -0.1) is 24.0 Å². The average molecular weight is 541 g/mol. The summed E-state index contributed by atoms with van der Waals surface area (Å²) in [5.41, 5.74) is 9.74. The van der Waals surface area contributed by atoms with Crippen molar-refractivity contribution < 1.29 is 0 Å². The molecular formula is C22H30ClIN6. The van der Waals surface area contributed by atoms with Crippen LogP contribution in [0.4, 0.5) is 11.5 Å². The van der Waals surface area contributed by atoms with Gasteiger partial charge in [0.25, 0.3) is 0 Å². The zero-order valence-electron chi connectivity index (χ0n) is 17.4. The Morgan fingerprint density at radius 3 is 2.30 bits per heavy atom. The van der Waals surface area contributed by atoms with E-state index in [4.69, 9.17) is 27.3 Å². The predicted molar refractivity (Wildman–Crippen MR) is 136 cm³/mol. The molecule has 30 heavy (non-hydrogen) atoms. The van der Waals surface area contributed by atoms with Gasteiger partial charge in [-0.05, 0) is 50.1 Å². The summed E-state index contributed by atoms with van der Waals surface area (Å²) in [6, 6.07) is 12.2. The van der Waals surface area contributed by atoms with Crippen molar-refractivity contribution in [2.75, 3.05) is 49.1 Å². The zero-order valence-corrected chi connectivity index (χ0v) is 20.5. The van der Waals surface area contributed by atoms with Gasteiger partial charge in [0, 0.05) is 61.2 Å². The standard InChI is InChI=1S/C22H29ClN6.HI/c1-17-4-5-18(21(26-17)28-10-2-3-11-28)16-25-22(24)29-14-12-27(13-15-29)20-8-6-19(23)7-9-20;/h4-9H,2-3,10-16H2,1H3,(H2,24,25);1H. The molecule has 0 radical (unpaired) electrons. The van der Waals surface area contributed by atoms with Gasteiger partial charge in [0.1, 0.15) is 5.82 Å². The first-order valence-electron chi connectivity index (χ1n) is 10.4. The lowest BCUT2D eigenvalue weighted by Gasteiger charge is -2.36. The van der Waals surface area contributed by atoms with Crippen LogP contribution in [0.1, 0.15) is 24.1 Å². The van der Waals surface area contributed by atoms with E-state index in [2.05, 4.69) is 39.0 Å². The molecule has 8 heteroatoms. The van der Waals surface area contributed by atoms with E-state index >= 15 is 0 Å². The molecule has 0 atom stereocenters. The summed E-state index contributed by atoms with van der Waals surface area (Å²) in [5.74, 6) is 1.69. The molecule has 0 unspecified atom stereocenters. The van der Waals surface area contributed by atoms with Gasteiger partial charge in [-0.2, -0.15) is 0 Å². The third-order valence-corrected chi connectivity index (χ3v) is 5.96. The van der Waals surface area contributed by atoms with Gasteiger partial charge < -0.3 is 20.4 Å². The van der Waals surface area contributed by atoms with Crippen LogP contribution in [0.15, 0.2) is 41.4 Å². The molecule has 2 saturated heterocycles. The van der Waals surface area contributed by atoms with Gasteiger partial charge in [-0.25, -0.2) is 9.98 Å². The topological polar surface area (TPSA) is 61.0 Å². The summed E-state index contributed by atoms with van der Waals surface area (Å²) in [6.07, 6.45) is 2.47. The number of aromatic nitrogens is 1. The first-order chi connectivity index (χ1) is 14.1. The lowest BCUT2D eigenvalue weighted by atomic mass is 10.2. The summed E-state index contributed by atoms with van der Waals surface area (Å²) in [5, 5.41) is 0.766. The van der Waals surface area contributed by atoms with Crippen molar-refractivity contribution >= 4 is 53.0 Å². The second-order valence-corrected chi connectivity index (χ2v) is 8.19. The SMILES string of the molecule is Cc1ccc(CN=C(N)N2CCN(c3ccc(Cl)cc3)CC2)c(N2CCCC2)n1.I. The van der Waals surface area contributed by atoms with E-state index in [0.717, 1.165) is 61.4 Å². The molecule has 0 aliphatic carbocycles. The monoisotopic (exact) mass is 540 g/mol. The van der Waals surface area contributed by atoms with E-state index in [1.165, 1.54) is 18.5 Å². The quantitative estimate of drug-likeness (QED) is 0.362. The van der Waals surface area contributed by atoms with Crippen molar-refractivity contribution in [1.29, 1.82) is 0 Å². The van der Waals surface area contributed by atoms with Gasteiger partial charge in [0.2, 0.25) is 0 Å². The van der Waals surface area contributed by atoms with Crippen molar-refractivity contribution in [3.05, 3.63) is 52.7 Å². The highest BCUT2D eigenvalue weighted by Crippen LogP contribution is 2.24. The van der Waals surface area contributed by atoms with Crippen LogP contribution in [-0.4, -0.2) is 55.1 Å². The minimum Gasteiger partial charge on any atom is -0.370 e. The van der Waals surface area contributed by atoms with Crippen molar-refractivity contribution in [2.45, 2.75) is 26.3 Å². The molecule has 162 valence electrons. The highest BCUT2D eigenvalue weighted by atomic mass is 127. The first-order valence-corrected chi connectivity index (χ1v) is 10.7. The number of aryl methyl sites for hydroxylation is 1. The van der Waals surface area contributed by atoms with E-state index in [0.29, 0.717) is 12.5 Å². The average Bonchev–Trinajstić information content (AvgIpc) is 3.28. The molecule has 2 aliphatic heterocycles. The third-order valence-electron chi connectivity index (χ3n) is 5.71. The number of aliphatic imine (C=N–C) groups is 1. The molecule has 6 nitrogen and oxygen atoms in total. The van der Waals surface area contributed by atoms with Crippen LogP contribution in [-0.2, 0) is 6.54 Å². The van der Waals surface area contributed by atoms with E-state index in [1.807, 2.05) is 19.1 Å². The Labute approximate surface area is 201 Å². The van der Waals surface area contributed by atoms with Crippen LogP contribution in [0.25, 0.3) is 0 Å². The van der Waals surface area contributed by atoms with Crippen LogP contribution in [0.3, 0.4) is 0 Å². The van der Waals surface area contributed by atoms with Crippen molar-refractivity contribution in [3.63, 3.8) is 0 Å². The number of hydrogen-bond donors (Lipinski definition) is 1. The molecule has 4 rings (SSSR count). The number of halogens is 2. The van der Waals surface area contributed by atoms with Crippen LogP contribution >= 0.6 is 35.6 Å². The minimum atomic E-state index is 0. The van der Waals surface area contributed by atoms with Gasteiger partial charge in [-0.3, -0.25) is 0 Å². The maximum Gasteiger partial charge on any atom is 0.191 e. The first kappa shape index (κ1) is 22.9. The fraction of sp³-hybridized carbons (Fsp3) is 0.455. The zero-order chi connectivity index (χ0) is 20.2. The van der Waals surface area contributed by atoms with Gasteiger partial charge in [0.05, 0.1) is 6.54 Å². The number of rotatable bonds is 4. The fourth-order valence-electron chi connectivity index (χ4n) is 4.01. The molecule has 0 saturated carbocycles. The van der Waals surface area contributed by atoms with Crippen LogP contribution in [0.2, 0.25) is 5.02 Å². The second-order valence-electron chi connectivity index (χ2n) is 7.75. The number of pyridine rings is 1. The molecule has 2 aliphatic rings. The Kier molecular flexibility index (Phi) is 8.05. The lowest BCUT2D eigenvalue weighted by molar-refractivity contribution is 0.380. The smallest absolute Gasteiger partial charge is 0.191 e. The molecule has 3 heterocycles. The summed E-state index contributed by atoms with van der Waals surface area (Å²) >= 11 is 6.00. The highest BCUT2D eigenvalue weighted by Gasteiger charge is 2.20. The number of guanidine groups is 1. The third kappa shape index (κ3) is 5.49. The molecule has 1 aromatic carbocycles. The second kappa shape index (κ2) is 10.5. The Hall–Kier alpha value is -1.74. The van der Waals surface area contributed by atoms with Crippen molar-refractivity contribution in [3.8, 4) is 0 Å². The van der Waals surface area contributed by atoms with Crippen molar-refractivity contribution in [2.24, 2.45) is 10.7 Å². The van der Waals surface area contributed by atoms with Gasteiger partial charge in [0.15, 0.2) is 5.96 Å². The summed E-state index contributed by atoms with van der Waals surface area (Å²) < 4.78 is 0. The summed E-state index contributed by atoms with van der Waals surface area (Å²) in [7, 11) is 0. The van der Waals surface area contributed by atoms with Gasteiger partial charge >= 0.3 is 0 Å². The normalized spacial score (nSPS) is 17.3. The minimum absolute atomic E-state index is 0. The molecule has 2 fully saturated rings. The lowest BCUT2D eigenvalue weighted by Crippen LogP contribution is -2.51. The van der Waals surface area contributed by atoms with E-state index in [-0.39, 0.29) is 24.0 Å². The maximum absolute atomic E-state index is 6.34. The van der Waals surface area contributed by atoms with Crippen LogP contribution in [0, 0.1) is 6.92 Å². The number of nitrogens with zero attached hydrogens (tertiary/aromatic N) is 5. The molecule has 0 bridgehead atoms. The Morgan fingerprint density at radius 1 is 0.967 bits per heavy atom. The molecule has 1 aromatic heterocycles. The molecule has 0 spiro atoms. The highest BCUT2D eigenvalue weighted by molar-refractivity contribution is 14.0. The van der Waals surface area contributed by atoms with E-state index in [1.54, 1.807) is 0 Å². The number of piperazine rings is 1. The summed E-state index contributed by atoms with van der Waals surface area (Å²) in [6.45, 7) is 8.34. The molecular weight excluding hydrogens is 511 g/mol. The number of anilines is 2.